The van der Waals surface area contributed by atoms with Gasteiger partial charge in [-0.2, -0.15) is 0 Å². The van der Waals surface area contributed by atoms with Crippen LogP contribution in [0.25, 0.3) is 0 Å². The van der Waals surface area contributed by atoms with Gasteiger partial charge in [-0.25, -0.2) is 4.79 Å². The molecule has 0 N–H and O–H groups in total. The molecule has 0 amide bonds. The molecule has 0 unspecified atom stereocenters. The lowest BCUT2D eigenvalue weighted by Crippen LogP contribution is -2.51. The highest BCUT2D eigenvalue weighted by Gasteiger charge is 2.45. The Labute approximate surface area is 348 Å². The number of esters is 1. The molecule has 0 aliphatic rings. The molecule has 11 heteroatoms. The van der Waals surface area contributed by atoms with Gasteiger partial charge in [0.2, 0.25) is 0 Å². The highest BCUT2D eigenvalue weighted by Crippen LogP contribution is 2.42. The molecule has 0 bridgehead atoms. The van der Waals surface area contributed by atoms with Crippen LogP contribution < -0.4 is 0 Å². The van der Waals surface area contributed by atoms with Crippen molar-refractivity contribution >= 4 is 39.2 Å². The maximum atomic E-state index is 14.1. The molecule has 5 atom stereocenters. The summed E-state index contributed by atoms with van der Waals surface area (Å²) in [6.45, 7) is 47.5. The van der Waals surface area contributed by atoms with E-state index in [2.05, 4.69) is 154 Å². The van der Waals surface area contributed by atoms with E-state index in [0.29, 0.717) is 6.61 Å². The van der Waals surface area contributed by atoms with Crippen molar-refractivity contribution in [2.45, 2.75) is 193 Å². The summed E-state index contributed by atoms with van der Waals surface area (Å²) in [4.78, 5) is 14.1. The summed E-state index contributed by atoms with van der Waals surface area (Å²) in [7, 11) is -7.47. The maximum absolute atomic E-state index is 14.1. The molecule has 0 spiro atoms. The number of carbonyl (C=O) groups is 1. The van der Waals surface area contributed by atoms with Gasteiger partial charge in [-0.05, 0) is 91.1 Å². The average Bonchev–Trinajstić information content (AvgIpc) is 3.02. The largest absolute Gasteiger partial charge is 0.453 e. The van der Waals surface area contributed by atoms with E-state index < -0.39 is 69.8 Å². The zero-order valence-electron chi connectivity index (χ0n) is 39.8. The van der Waals surface area contributed by atoms with Gasteiger partial charge in [0.15, 0.2) is 39.4 Å². The first-order chi connectivity index (χ1) is 25.1. The summed E-state index contributed by atoms with van der Waals surface area (Å²) in [5, 5.41) is -0.0838. The SMILES string of the molecule is C/C=C/[C@@H](O[Si](C)(C)C(C)(C)C)[C@@H](/C=C/[C@H](O[Si](C)(C)C(C)(C)C)[C@H](/C=C/CO[Si](C)(C)C(C)(C)C)O[Si](C)(C)C(C)(C)C)OC(=O)[C@H](OC)c1ccccc1. The van der Waals surface area contributed by atoms with Gasteiger partial charge in [0.25, 0.3) is 0 Å². The second-order valence-electron chi connectivity index (χ2n) is 21.4. The first-order valence-corrected chi connectivity index (χ1v) is 32.2. The van der Waals surface area contributed by atoms with Crippen LogP contribution in [0.4, 0.5) is 0 Å². The molecule has 0 radical (unpaired) electrons. The van der Waals surface area contributed by atoms with E-state index in [1.165, 1.54) is 7.11 Å². The van der Waals surface area contributed by atoms with Crippen LogP contribution in [0.5, 0.6) is 0 Å². The third-order valence-corrected chi connectivity index (χ3v) is 30.6. The normalized spacial score (nSPS) is 17.4. The summed E-state index contributed by atoms with van der Waals surface area (Å²) in [5.74, 6) is -0.486. The first-order valence-electron chi connectivity index (χ1n) is 20.6. The van der Waals surface area contributed by atoms with Crippen molar-refractivity contribution < 1.29 is 32.0 Å². The van der Waals surface area contributed by atoms with Crippen molar-refractivity contribution in [3.63, 3.8) is 0 Å². The summed E-state index contributed by atoms with van der Waals surface area (Å²) in [6.07, 6.45) is 9.12. The Kier molecular flexibility index (Phi) is 19.0. The molecule has 7 nitrogen and oxygen atoms in total. The average molecular weight is 850 g/mol. The minimum Gasteiger partial charge on any atom is -0.453 e. The molecule has 0 saturated heterocycles. The van der Waals surface area contributed by atoms with Crippen molar-refractivity contribution in [2.24, 2.45) is 0 Å². The summed E-state index contributed by atoms with van der Waals surface area (Å²) >= 11 is 0. The molecule has 0 aliphatic carbocycles. The number of rotatable bonds is 19. The molecule has 322 valence electrons. The van der Waals surface area contributed by atoms with E-state index in [0.717, 1.165) is 5.56 Å². The summed E-state index contributed by atoms with van der Waals surface area (Å²) in [6, 6.07) is 9.46. The van der Waals surface area contributed by atoms with Gasteiger partial charge in [-0.1, -0.05) is 144 Å². The Bertz CT molecular complexity index is 1440. The zero-order valence-corrected chi connectivity index (χ0v) is 43.8. The van der Waals surface area contributed by atoms with Gasteiger partial charge in [0.05, 0.1) is 18.8 Å². The van der Waals surface area contributed by atoms with E-state index in [1.54, 1.807) is 0 Å². The molecule has 0 heterocycles. The maximum Gasteiger partial charge on any atom is 0.340 e. The van der Waals surface area contributed by atoms with E-state index in [9.17, 15) is 4.79 Å². The van der Waals surface area contributed by atoms with Gasteiger partial charge in [0.1, 0.15) is 12.2 Å². The van der Waals surface area contributed by atoms with Gasteiger partial charge >= 0.3 is 5.97 Å². The zero-order chi connectivity index (χ0) is 43.8. The monoisotopic (exact) mass is 849 g/mol. The lowest BCUT2D eigenvalue weighted by Gasteiger charge is -2.44. The molecular weight excluding hydrogens is 765 g/mol. The van der Waals surface area contributed by atoms with Crippen LogP contribution >= 0.6 is 0 Å². The fourth-order valence-corrected chi connectivity index (χ4v) is 9.36. The fraction of sp³-hybridized carbons (Fsp3) is 0.711. The van der Waals surface area contributed by atoms with Crippen LogP contribution in [-0.4, -0.2) is 77.4 Å². The molecule has 0 fully saturated rings. The number of carbonyl (C=O) groups excluding carboxylic acids is 1. The molecule has 0 saturated carbocycles. The Morgan fingerprint density at radius 3 is 1.32 bits per heavy atom. The minimum absolute atomic E-state index is 0.0410. The van der Waals surface area contributed by atoms with Crippen LogP contribution in [0, 0.1) is 0 Å². The smallest absolute Gasteiger partial charge is 0.340 e. The molecule has 0 aliphatic heterocycles. The molecule has 1 rings (SSSR count). The van der Waals surface area contributed by atoms with Gasteiger partial charge in [-0.15, -0.1) is 0 Å². The molecule has 56 heavy (non-hydrogen) atoms. The standard InChI is InChI=1S/C45H84O7Si4/c1-23-28-37(50-54(17,18)43(5,6)7)36(49-41(46)40(47-14)35-29-25-24-26-30-35)32-33-39(52-56(21,22)45(11,12)13)38(51-55(19,20)44(8,9)10)31-27-34-48-53(15,16)42(2,3)4/h23-33,36-40H,34H2,1-22H3/b28-23+,31-27+,33-32+/t36-,37-,38+,39+,40-/m1/s1. The second kappa shape index (κ2) is 20.2. The van der Waals surface area contributed by atoms with E-state index in [4.69, 9.17) is 27.2 Å². The predicted octanol–water partition coefficient (Wildman–Crippen LogP) is 13.2. The summed E-state index contributed by atoms with van der Waals surface area (Å²) < 4.78 is 40.4. The fourth-order valence-electron chi connectivity index (χ4n) is 4.68. The van der Waals surface area contributed by atoms with Gasteiger partial charge in [-0.3, -0.25) is 0 Å². The Morgan fingerprint density at radius 1 is 0.571 bits per heavy atom. The van der Waals surface area contributed by atoms with E-state index in [1.807, 2.05) is 55.5 Å². The van der Waals surface area contributed by atoms with Crippen molar-refractivity contribution in [1.29, 1.82) is 0 Å². The first kappa shape index (κ1) is 52.6. The molecule has 0 aromatic heterocycles. The number of hydrogen-bond acceptors (Lipinski definition) is 7. The van der Waals surface area contributed by atoms with Crippen LogP contribution in [0.15, 0.2) is 66.8 Å². The third kappa shape index (κ3) is 15.3. The van der Waals surface area contributed by atoms with Crippen LogP contribution in [0.1, 0.15) is 102 Å². The van der Waals surface area contributed by atoms with Crippen LogP contribution in [-0.2, 0) is 32.0 Å². The lowest BCUT2D eigenvalue weighted by molar-refractivity contribution is -0.162. The second-order valence-corrected chi connectivity index (χ2v) is 40.4. The van der Waals surface area contributed by atoms with E-state index in [-0.39, 0.29) is 20.2 Å². The molecular formula is C45H84O7Si4. The van der Waals surface area contributed by atoms with Gasteiger partial charge in [0, 0.05) is 7.11 Å². The Balaban J connectivity index is 4.05. The number of benzene rings is 1. The predicted molar refractivity (Wildman–Crippen MR) is 249 cm³/mol. The van der Waals surface area contributed by atoms with Crippen molar-refractivity contribution in [2.75, 3.05) is 13.7 Å². The quantitative estimate of drug-likeness (QED) is 0.0780. The van der Waals surface area contributed by atoms with Crippen molar-refractivity contribution in [1.82, 2.24) is 0 Å². The summed E-state index contributed by atoms with van der Waals surface area (Å²) in [5.41, 5.74) is 0.725. The van der Waals surface area contributed by atoms with Crippen LogP contribution in [0.3, 0.4) is 0 Å². The minimum atomic E-state index is -2.37. The van der Waals surface area contributed by atoms with Gasteiger partial charge < -0.3 is 27.2 Å². The Hall–Kier alpha value is -1.42. The number of allylic oxidation sites excluding steroid dienone is 1. The number of ether oxygens (including phenoxy) is 2. The Morgan fingerprint density at radius 2 is 0.946 bits per heavy atom. The highest BCUT2D eigenvalue weighted by atomic mass is 28.4. The lowest BCUT2D eigenvalue weighted by atomic mass is 10.1. The highest BCUT2D eigenvalue weighted by molar-refractivity contribution is 6.75. The molecule has 1 aromatic carbocycles. The van der Waals surface area contributed by atoms with Crippen molar-refractivity contribution in [3.8, 4) is 0 Å². The molecule has 1 aromatic rings. The number of methoxy groups -OCH3 is 1. The third-order valence-electron chi connectivity index (χ3n) is 12.7. The number of hydrogen-bond donors (Lipinski definition) is 0. The van der Waals surface area contributed by atoms with E-state index >= 15 is 0 Å². The van der Waals surface area contributed by atoms with Crippen molar-refractivity contribution in [3.05, 3.63) is 72.4 Å². The topological polar surface area (TPSA) is 72.5 Å². The van der Waals surface area contributed by atoms with Crippen LogP contribution in [0.2, 0.25) is 72.5 Å².